The van der Waals surface area contributed by atoms with Crippen molar-refractivity contribution in [2.24, 2.45) is 21.7 Å². The first-order valence-electron chi connectivity index (χ1n) is 9.21. The van der Waals surface area contributed by atoms with E-state index in [-0.39, 0.29) is 31.2 Å². The van der Waals surface area contributed by atoms with Crippen LogP contribution in [0.15, 0.2) is 0 Å². The van der Waals surface area contributed by atoms with E-state index in [0.717, 1.165) is 0 Å². The zero-order chi connectivity index (χ0) is 20.6. The maximum absolute atomic E-state index is 13.0. The van der Waals surface area contributed by atoms with Crippen molar-refractivity contribution in [2.75, 3.05) is 19.8 Å². The molecule has 1 aliphatic carbocycles. The number of hydrogen-bond donors (Lipinski definition) is 2. The van der Waals surface area contributed by atoms with Gasteiger partial charge in [0.05, 0.1) is 24.0 Å². The molecule has 26 heavy (non-hydrogen) atoms. The van der Waals surface area contributed by atoms with E-state index in [0.29, 0.717) is 12.8 Å². The van der Waals surface area contributed by atoms with Crippen molar-refractivity contribution >= 4 is 11.9 Å². The van der Waals surface area contributed by atoms with Gasteiger partial charge in [-0.05, 0) is 51.4 Å². The quantitative estimate of drug-likeness (QED) is 0.605. The van der Waals surface area contributed by atoms with Crippen LogP contribution in [0.5, 0.6) is 0 Å². The highest BCUT2D eigenvalue weighted by Crippen LogP contribution is 2.70. The Hall–Kier alpha value is -1.14. The first-order chi connectivity index (χ1) is 11.6. The molecule has 6 nitrogen and oxygen atoms in total. The van der Waals surface area contributed by atoms with E-state index in [9.17, 15) is 14.7 Å². The van der Waals surface area contributed by atoms with Crippen LogP contribution >= 0.6 is 0 Å². The van der Waals surface area contributed by atoms with Crippen molar-refractivity contribution in [3.63, 3.8) is 0 Å². The first-order valence-corrected chi connectivity index (χ1v) is 9.21. The number of rotatable bonds is 9. The fraction of sp³-hybridized carbons (Fsp3) is 0.900. The largest absolute Gasteiger partial charge is 0.463 e. The molecule has 1 saturated carbocycles. The second-order valence-electron chi connectivity index (χ2n) is 10.00. The molecule has 0 aromatic heterocycles. The van der Waals surface area contributed by atoms with E-state index >= 15 is 0 Å². The molecule has 0 spiro atoms. The number of esters is 2. The zero-order valence-corrected chi connectivity index (χ0v) is 17.6. The molecule has 0 amide bonds. The number of carbonyl (C=O) groups excluding carboxylic acids is 2. The maximum atomic E-state index is 13.0. The molecule has 0 aliphatic heterocycles. The van der Waals surface area contributed by atoms with E-state index in [4.69, 9.17) is 14.6 Å². The molecular formula is C20H36O6. The standard InChI is InChI=1S/C20H36O6/c1-16(2,19(7,8)14(23)25-10-9-21)11-20(12-17(20,3)4)15(24)26-18(5,6)13-22/h21-22H,9-13H2,1-8H3. The molecule has 0 bridgehead atoms. The Morgan fingerprint density at radius 2 is 1.54 bits per heavy atom. The van der Waals surface area contributed by atoms with E-state index < -0.39 is 27.8 Å². The Morgan fingerprint density at radius 1 is 1.04 bits per heavy atom. The number of carbonyl (C=O) groups is 2. The Balaban J connectivity index is 3.06. The lowest BCUT2D eigenvalue weighted by Crippen LogP contribution is -2.45. The van der Waals surface area contributed by atoms with E-state index in [2.05, 4.69) is 0 Å². The van der Waals surface area contributed by atoms with Crippen molar-refractivity contribution in [1.82, 2.24) is 0 Å². The number of aliphatic hydroxyl groups excluding tert-OH is 2. The van der Waals surface area contributed by atoms with Gasteiger partial charge in [-0.1, -0.05) is 27.7 Å². The smallest absolute Gasteiger partial charge is 0.313 e. The summed E-state index contributed by atoms with van der Waals surface area (Å²) in [5, 5.41) is 18.3. The van der Waals surface area contributed by atoms with Crippen LogP contribution in [0.4, 0.5) is 0 Å². The lowest BCUT2D eigenvalue weighted by molar-refractivity contribution is -0.174. The predicted molar refractivity (Wildman–Crippen MR) is 98.3 cm³/mol. The van der Waals surface area contributed by atoms with Crippen LogP contribution in [0, 0.1) is 21.7 Å². The highest BCUT2D eigenvalue weighted by Gasteiger charge is 2.70. The van der Waals surface area contributed by atoms with Gasteiger partial charge in [-0.2, -0.15) is 0 Å². The molecule has 0 aromatic carbocycles. The zero-order valence-electron chi connectivity index (χ0n) is 17.6. The molecule has 2 N–H and O–H groups in total. The Labute approximate surface area is 157 Å². The summed E-state index contributed by atoms with van der Waals surface area (Å²) in [6.45, 7) is 14.4. The van der Waals surface area contributed by atoms with Crippen LogP contribution in [0.3, 0.4) is 0 Å². The predicted octanol–water partition coefficient (Wildman–Crippen LogP) is 2.69. The van der Waals surface area contributed by atoms with E-state index in [1.165, 1.54) is 0 Å². The third-order valence-corrected chi connectivity index (χ3v) is 6.33. The summed E-state index contributed by atoms with van der Waals surface area (Å²) in [7, 11) is 0. The van der Waals surface area contributed by atoms with E-state index in [1.54, 1.807) is 27.7 Å². The van der Waals surface area contributed by atoms with Gasteiger partial charge in [0.15, 0.2) is 0 Å². The van der Waals surface area contributed by atoms with Crippen LogP contribution in [-0.2, 0) is 19.1 Å². The van der Waals surface area contributed by atoms with Gasteiger partial charge >= 0.3 is 11.9 Å². The minimum atomic E-state index is -0.942. The molecule has 1 atom stereocenters. The summed E-state index contributed by atoms with van der Waals surface area (Å²) < 4.78 is 10.7. The van der Waals surface area contributed by atoms with Gasteiger partial charge in [-0.3, -0.25) is 9.59 Å². The SMILES string of the molecule is CC(C)(CO)OC(=O)C1(CC(C)(C)C(C)(C)C(=O)OCCO)CC1(C)C. The van der Waals surface area contributed by atoms with Crippen LogP contribution < -0.4 is 0 Å². The van der Waals surface area contributed by atoms with Crippen molar-refractivity contribution in [3.05, 3.63) is 0 Å². The topological polar surface area (TPSA) is 93.1 Å². The van der Waals surface area contributed by atoms with Gasteiger partial charge in [-0.25, -0.2) is 0 Å². The minimum absolute atomic E-state index is 0.0400. The van der Waals surface area contributed by atoms with Gasteiger partial charge in [0.25, 0.3) is 0 Å². The monoisotopic (exact) mass is 372 g/mol. The maximum Gasteiger partial charge on any atom is 0.313 e. The van der Waals surface area contributed by atoms with Crippen LogP contribution in [0.1, 0.15) is 68.2 Å². The van der Waals surface area contributed by atoms with Gasteiger partial charge in [0, 0.05) is 0 Å². The number of aliphatic hydroxyl groups is 2. The van der Waals surface area contributed by atoms with Crippen molar-refractivity contribution in [3.8, 4) is 0 Å². The first kappa shape index (κ1) is 22.9. The summed E-state index contributed by atoms with van der Waals surface area (Å²) >= 11 is 0. The van der Waals surface area contributed by atoms with Gasteiger partial charge in [0.1, 0.15) is 12.2 Å². The molecule has 1 unspecified atom stereocenters. The molecule has 1 fully saturated rings. The van der Waals surface area contributed by atoms with Gasteiger partial charge in [-0.15, -0.1) is 0 Å². The summed E-state index contributed by atoms with van der Waals surface area (Å²) in [6.07, 6.45) is 1.14. The van der Waals surface area contributed by atoms with E-state index in [1.807, 2.05) is 27.7 Å². The number of hydrogen-bond acceptors (Lipinski definition) is 6. The second kappa shape index (κ2) is 7.12. The Kier molecular flexibility index (Phi) is 6.27. The number of ether oxygens (including phenoxy) is 2. The molecule has 1 aliphatic rings. The molecule has 0 radical (unpaired) electrons. The summed E-state index contributed by atoms with van der Waals surface area (Å²) in [4.78, 5) is 25.5. The van der Waals surface area contributed by atoms with Crippen molar-refractivity contribution in [2.45, 2.75) is 73.8 Å². The molecular weight excluding hydrogens is 336 g/mol. The third kappa shape index (κ3) is 4.22. The molecule has 152 valence electrons. The fourth-order valence-electron chi connectivity index (χ4n) is 3.38. The van der Waals surface area contributed by atoms with Crippen LogP contribution in [0.2, 0.25) is 0 Å². The fourth-order valence-corrected chi connectivity index (χ4v) is 3.38. The molecule has 1 rings (SSSR count). The normalized spacial score (nSPS) is 22.7. The van der Waals surface area contributed by atoms with Crippen molar-refractivity contribution < 1.29 is 29.3 Å². The van der Waals surface area contributed by atoms with Gasteiger partial charge in [0.2, 0.25) is 0 Å². The lowest BCUT2D eigenvalue weighted by Gasteiger charge is -2.42. The van der Waals surface area contributed by atoms with Crippen LogP contribution in [0.25, 0.3) is 0 Å². The Morgan fingerprint density at radius 3 is 1.92 bits per heavy atom. The molecule has 0 aromatic rings. The average molecular weight is 373 g/mol. The van der Waals surface area contributed by atoms with Gasteiger partial charge < -0.3 is 19.7 Å². The summed E-state index contributed by atoms with van der Waals surface area (Å²) in [5.74, 6) is -0.719. The summed E-state index contributed by atoms with van der Waals surface area (Å²) in [6, 6.07) is 0. The molecule has 0 heterocycles. The molecule has 0 saturated heterocycles. The van der Waals surface area contributed by atoms with Crippen LogP contribution in [-0.4, -0.2) is 47.6 Å². The minimum Gasteiger partial charge on any atom is -0.463 e. The third-order valence-electron chi connectivity index (χ3n) is 6.33. The second-order valence-corrected chi connectivity index (χ2v) is 10.00. The average Bonchev–Trinajstić information content (AvgIpc) is 3.05. The highest BCUT2D eigenvalue weighted by molar-refractivity contribution is 5.83. The summed E-state index contributed by atoms with van der Waals surface area (Å²) in [5.41, 5.74) is -3.27. The lowest BCUT2D eigenvalue weighted by atomic mass is 9.62. The highest BCUT2D eigenvalue weighted by atomic mass is 16.6. The molecule has 6 heteroatoms. The Bertz CT molecular complexity index is 547. The van der Waals surface area contributed by atoms with Crippen molar-refractivity contribution in [1.29, 1.82) is 0 Å².